The van der Waals surface area contributed by atoms with E-state index in [0.29, 0.717) is 6.61 Å². The third-order valence-electron chi connectivity index (χ3n) is 2.14. The Hall–Kier alpha value is -0.710. The summed E-state index contributed by atoms with van der Waals surface area (Å²) >= 11 is 10.8. The van der Waals surface area contributed by atoms with E-state index < -0.39 is 0 Å². The molecule has 0 aliphatic rings. The van der Waals surface area contributed by atoms with E-state index in [0.717, 1.165) is 25.2 Å². The van der Waals surface area contributed by atoms with Crippen LogP contribution >= 0.6 is 38.9 Å². The SMILES string of the molecule is COc1ccc(OCc2ccc(Cl)s2)c(Br)c1. The summed E-state index contributed by atoms with van der Waals surface area (Å²) in [5.74, 6) is 1.58. The van der Waals surface area contributed by atoms with Crippen molar-refractivity contribution in [3.05, 3.63) is 44.0 Å². The van der Waals surface area contributed by atoms with Crippen molar-refractivity contribution < 1.29 is 9.47 Å². The second-order valence-corrected chi connectivity index (χ2v) is 5.94. The smallest absolute Gasteiger partial charge is 0.134 e. The molecular weight excluding hydrogens is 324 g/mol. The molecule has 1 aromatic carbocycles. The van der Waals surface area contributed by atoms with Crippen LogP contribution in [0, 0.1) is 0 Å². The summed E-state index contributed by atoms with van der Waals surface area (Å²) in [6, 6.07) is 9.44. The van der Waals surface area contributed by atoms with Crippen LogP contribution in [0.1, 0.15) is 4.88 Å². The average molecular weight is 334 g/mol. The Bertz CT molecular complexity index is 513. The van der Waals surface area contributed by atoms with Gasteiger partial charge in [0, 0.05) is 4.88 Å². The molecule has 2 rings (SSSR count). The van der Waals surface area contributed by atoms with Crippen LogP contribution in [0.15, 0.2) is 34.8 Å². The van der Waals surface area contributed by atoms with Gasteiger partial charge in [-0.3, -0.25) is 0 Å². The minimum atomic E-state index is 0.516. The Balaban J connectivity index is 2.04. The van der Waals surface area contributed by atoms with Gasteiger partial charge < -0.3 is 9.47 Å². The van der Waals surface area contributed by atoms with E-state index in [1.165, 1.54) is 11.3 Å². The van der Waals surface area contributed by atoms with Crippen LogP contribution in [-0.4, -0.2) is 7.11 Å². The van der Waals surface area contributed by atoms with Crippen molar-refractivity contribution in [1.82, 2.24) is 0 Å². The van der Waals surface area contributed by atoms with Crippen LogP contribution in [0.25, 0.3) is 0 Å². The maximum absolute atomic E-state index is 5.85. The number of hydrogen-bond donors (Lipinski definition) is 0. The molecule has 2 aromatic rings. The zero-order chi connectivity index (χ0) is 12.3. The average Bonchev–Trinajstić information content (AvgIpc) is 2.73. The number of rotatable bonds is 4. The first kappa shape index (κ1) is 12.7. The topological polar surface area (TPSA) is 18.5 Å². The van der Waals surface area contributed by atoms with Gasteiger partial charge in [0.25, 0.3) is 0 Å². The van der Waals surface area contributed by atoms with Crippen LogP contribution in [-0.2, 0) is 6.61 Å². The molecule has 0 aliphatic heterocycles. The van der Waals surface area contributed by atoms with Gasteiger partial charge in [-0.1, -0.05) is 11.6 Å². The van der Waals surface area contributed by atoms with Crippen molar-refractivity contribution in [1.29, 1.82) is 0 Å². The first-order valence-corrected chi connectivity index (χ1v) is 6.88. The van der Waals surface area contributed by atoms with Crippen molar-refractivity contribution >= 4 is 38.9 Å². The molecule has 1 heterocycles. The fraction of sp³-hybridized carbons (Fsp3) is 0.167. The van der Waals surface area contributed by atoms with E-state index in [9.17, 15) is 0 Å². The number of thiophene rings is 1. The van der Waals surface area contributed by atoms with Crippen LogP contribution < -0.4 is 9.47 Å². The van der Waals surface area contributed by atoms with E-state index in [-0.39, 0.29) is 0 Å². The van der Waals surface area contributed by atoms with Crippen LogP contribution in [0.3, 0.4) is 0 Å². The van der Waals surface area contributed by atoms with E-state index in [1.807, 2.05) is 30.3 Å². The molecule has 0 radical (unpaired) electrons. The highest BCUT2D eigenvalue weighted by Crippen LogP contribution is 2.30. The van der Waals surface area contributed by atoms with E-state index >= 15 is 0 Å². The van der Waals surface area contributed by atoms with Gasteiger partial charge in [-0.25, -0.2) is 0 Å². The van der Waals surface area contributed by atoms with Crippen LogP contribution in [0.5, 0.6) is 11.5 Å². The van der Waals surface area contributed by atoms with Gasteiger partial charge in [-0.15, -0.1) is 11.3 Å². The summed E-state index contributed by atoms with van der Waals surface area (Å²) in [5, 5.41) is 0. The van der Waals surface area contributed by atoms with Gasteiger partial charge in [-0.05, 0) is 46.3 Å². The molecule has 0 N–H and O–H groups in total. The highest BCUT2D eigenvalue weighted by molar-refractivity contribution is 9.10. The summed E-state index contributed by atoms with van der Waals surface area (Å²) in [5.41, 5.74) is 0. The molecule has 0 fully saturated rings. The molecule has 0 atom stereocenters. The summed E-state index contributed by atoms with van der Waals surface area (Å²) in [7, 11) is 1.63. The Labute approximate surface area is 117 Å². The fourth-order valence-corrected chi connectivity index (χ4v) is 2.78. The van der Waals surface area contributed by atoms with Gasteiger partial charge in [0.05, 0.1) is 15.9 Å². The lowest BCUT2D eigenvalue weighted by Gasteiger charge is -2.08. The van der Waals surface area contributed by atoms with Crippen molar-refractivity contribution in [2.45, 2.75) is 6.61 Å². The fourth-order valence-electron chi connectivity index (χ4n) is 1.30. The molecule has 2 nitrogen and oxygen atoms in total. The maximum Gasteiger partial charge on any atom is 0.134 e. The third kappa shape index (κ3) is 3.37. The zero-order valence-electron chi connectivity index (χ0n) is 9.07. The molecule has 0 unspecified atom stereocenters. The molecule has 0 bridgehead atoms. The Morgan fingerprint density at radius 3 is 2.71 bits per heavy atom. The number of benzene rings is 1. The van der Waals surface area contributed by atoms with Crippen molar-refractivity contribution in [3.63, 3.8) is 0 Å². The highest BCUT2D eigenvalue weighted by atomic mass is 79.9. The summed E-state index contributed by atoms with van der Waals surface area (Å²) < 4.78 is 12.5. The summed E-state index contributed by atoms with van der Waals surface area (Å²) in [6.45, 7) is 0.516. The number of methoxy groups -OCH3 is 1. The van der Waals surface area contributed by atoms with Crippen LogP contribution in [0.4, 0.5) is 0 Å². The van der Waals surface area contributed by atoms with E-state index in [2.05, 4.69) is 15.9 Å². The second kappa shape index (κ2) is 5.76. The van der Waals surface area contributed by atoms with E-state index in [4.69, 9.17) is 21.1 Å². The number of ether oxygens (including phenoxy) is 2. The number of halogens is 2. The van der Waals surface area contributed by atoms with Crippen molar-refractivity contribution in [2.75, 3.05) is 7.11 Å². The molecule has 0 saturated heterocycles. The molecule has 0 saturated carbocycles. The predicted octanol–water partition coefficient (Wildman–Crippen LogP) is 4.75. The second-order valence-electron chi connectivity index (χ2n) is 3.29. The largest absolute Gasteiger partial charge is 0.497 e. The van der Waals surface area contributed by atoms with E-state index in [1.54, 1.807) is 7.11 Å². The first-order chi connectivity index (χ1) is 8.19. The van der Waals surface area contributed by atoms with Gasteiger partial charge in [0.1, 0.15) is 18.1 Å². The lowest BCUT2D eigenvalue weighted by molar-refractivity contribution is 0.307. The predicted molar refractivity (Wildman–Crippen MR) is 74.4 cm³/mol. The summed E-state index contributed by atoms with van der Waals surface area (Å²) in [4.78, 5) is 1.10. The molecule has 0 amide bonds. The van der Waals surface area contributed by atoms with Crippen molar-refractivity contribution in [2.24, 2.45) is 0 Å². The minimum Gasteiger partial charge on any atom is -0.497 e. The van der Waals surface area contributed by atoms with Gasteiger partial charge in [0.2, 0.25) is 0 Å². The lowest BCUT2D eigenvalue weighted by atomic mass is 10.3. The quantitative estimate of drug-likeness (QED) is 0.803. The molecule has 0 spiro atoms. The normalized spacial score (nSPS) is 10.3. The lowest BCUT2D eigenvalue weighted by Crippen LogP contribution is -1.94. The van der Waals surface area contributed by atoms with Crippen LogP contribution in [0.2, 0.25) is 4.34 Å². The standard InChI is InChI=1S/C12H10BrClO2S/c1-15-8-2-4-11(10(13)6-8)16-7-9-3-5-12(14)17-9/h2-6H,7H2,1H3. The maximum atomic E-state index is 5.85. The third-order valence-corrected chi connectivity index (χ3v) is 3.96. The Kier molecular flexibility index (Phi) is 4.31. The molecule has 5 heteroatoms. The number of hydrogen-bond acceptors (Lipinski definition) is 3. The first-order valence-electron chi connectivity index (χ1n) is 4.89. The monoisotopic (exact) mass is 332 g/mol. The Morgan fingerprint density at radius 1 is 1.29 bits per heavy atom. The highest BCUT2D eigenvalue weighted by Gasteiger charge is 2.04. The van der Waals surface area contributed by atoms with Gasteiger partial charge >= 0.3 is 0 Å². The molecular formula is C12H10BrClO2S. The minimum absolute atomic E-state index is 0.516. The molecule has 17 heavy (non-hydrogen) atoms. The Morgan fingerprint density at radius 2 is 2.12 bits per heavy atom. The summed E-state index contributed by atoms with van der Waals surface area (Å²) in [6.07, 6.45) is 0. The van der Waals surface area contributed by atoms with Crippen molar-refractivity contribution in [3.8, 4) is 11.5 Å². The van der Waals surface area contributed by atoms with Gasteiger partial charge in [0.15, 0.2) is 0 Å². The zero-order valence-corrected chi connectivity index (χ0v) is 12.2. The molecule has 0 aliphatic carbocycles. The molecule has 1 aromatic heterocycles. The van der Waals surface area contributed by atoms with Gasteiger partial charge in [-0.2, -0.15) is 0 Å². The molecule has 90 valence electrons.